The maximum Gasteiger partial charge on any atom is 0.379 e. The number of carbonyl (C=O) groups is 2. The van der Waals surface area contributed by atoms with Crippen molar-refractivity contribution in [3.05, 3.63) is 75.9 Å². The number of Topliss-reactive ketones (excluding diaryl/α,β-unsaturated/α-hetero) is 1. The van der Waals surface area contributed by atoms with Crippen molar-refractivity contribution in [1.29, 1.82) is 0 Å². The van der Waals surface area contributed by atoms with Crippen LogP contribution in [0.25, 0.3) is 16.7 Å². The van der Waals surface area contributed by atoms with Crippen molar-refractivity contribution in [2.45, 2.75) is 32.7 Å². The number of rotatable bonds is 3. The Bertz CT molecular complexity index is 1200. The summed E-state index contributed by atoms with van der Waals surface area (Å²) in [5, 5.41) is 12.0. The topological polar surface area (TPSA) is 68.5 Å². The van der Waals surface area contributed by atoms with Crippen LogP contribution in [0.1, 0.15) is 37.5 Å². The molecule has 1 N–H and O–H groups in total. The number of hydrogen-bond donors (Lipinski definition) is 1. The number of cyclic esters (lactones) is 1. The third-order valence-electron chi connectivity index (χ3n) is 5.36. The summed E-state index contributed by atoms with van der Waals surface area (Å²) in [7, 11) is 0. The van der Waals surface area contributed by atoms with Gasteiger partial charge >= 0.3 is 5.97 Å². The van der Waals surface area contributed by atoms with Gasteiger partial charge in [0, 0.05) is 34.2 Å². The number of halogens is 1. The summed E-state index contributed by atoms with van der Waals surface area (Å²) in [4.78, 5) is 23.4. The average molecular weight is 424 g/mol. The average Bonchev–Trinajstić information content (AvgIpc) is 3.21. The van der Waals surface area contributed by atoms with Crippen LogP contribution in [0.3, 0.4) is 0 Å². The molecule has 0 amide bonds. The van der Waals surface area contributed by atoms with E-state index in [0.717, 1.165) is 11.1 Å². The largest absolute Gasteiger partial charge is 0.507 e. The minimum Gasteiger partial charge on any atom is -0.507 e. The van der Waals surface area contributed by atoms with Gasteiger partial charge < -0.3 is 14.4 Å². The Balaban J connectivity index is 1.78. The van der Waals surface area contributed by atoms with Gasteiger partial charge in [0.15, 0.2) is 0 Å². The van der Waals surface area contributed by atoms with Gasteiger partial charge in [-0.25, -0.2) is 4.79 Å². The van der Waals surface area contributed by atoms with Gasteiger partial charge in [-0.05, 0) is 34.7 Å². The minimum absolute atomic E-state index is 0.0337. The number of aliphatic hydroxyl groups is 1. The van der Waals surface area contributed by atoms with Crippen LogP contribution < -0.4 is 0 Å². The van der Waals surface area contributed by atoms with Crippen molar-refractivity contribution in [3.63, 3.8) is 0 Å². The molecule has 5 nitrogen and oxygen atoms in total. The summed E-state index contributed by atoms with van der Waals surface area (Å²) in [6, 6.07) is 13.8. The van der Waals surface area contributed by atoms with Gasteiger partial charge in [-0.3, -0.25) is 4.79 Å². The number of aromatic nitrogens is 1. The first-order valence-corrected chi connectivity index (χ1v) is 10.0. The first kappa shape index (κ1) is 20.2. The summed E-state index contributed by atoms with van der Waals surface area (Å²) >= 11 is 6.18. The monoisotopic (exact) mass is 423 g/mol. The SMILES string of the molecule is CC(C)(C)c1ccc(Cn2cc(/C(O)=C3\COC(=O)C3=O)c3cc(Cl)ccc32)cc1. The first-order chi connectivity index (χ1) is 14.1. The van der Waals surface area contributed by atoms with Crippen LogP contribution in [0.5, 0.6) is 0 Å². The lowest BCUT2D eigenvalue weighted by molar-refractivity contribution is -0.146. The van der Waals surface area contributed by atoms with Crippen molar-refractivity contribution < 1.29 is 19.4 Å². The van der Waals surface area contributed by atoms with Crippen molar-refractivity contribution >= 4 is 40.0 Å². The summed E-state index contributed by atoms with van der Waals surface area (Å²) in [6.07, 6.45) is 1.77. The van der Waals surface area contributed by atoms with Gasteiger partial charge in [-0.1, -0.05) is 56.6 Å². The number of nitrogens with zero attached hydrogens (tertiary/aromatic N) is 1. The Morgan fingerprint density at radius 1 is 1.13 bits per heavy atom. The van der Waals surface area contributed by atoms with E-state index in [4.69, 9.17) is 16.3 Å². The molecule has 0 radical (unpaired) electrons. The Hall–Kier alpha value is -3.05. The van der Waals surface area contributed by atoms with E-state index in [1.165, 1.54) is 5.56 Å². The van der Waals surface area contributed by atoms with Crippen LogP contribution in [0.4, 0.5) is 0 Å². The molecule has 154 valence electrons. The predicted octanol–water partition coefficient (Wildman–Crippen LogP) is 5.04. The third-order valence-corrected chi connectivity index (χ3v) is 5.60. The zero-order chi connectivity index (χ0) is 21.6. The molecule has 0 saturated carbocycles. The summed E-state index contributed by atoms with van der Waals surface area (Å²) in [5.74, 6) is -2.01. The number of aliphatic hydroxyl groups excluding tert-OH is 1. The Morgan fingerprint density at radius 2 is 1.83 bits per heavy atom. The van der Waals surface area contributed by atoms with Gasteiger partial charge in [0.05, 0.1) is 5.57 Å². The molecular weight excluding hydrogens is 402 g/mol. The van der Waals surface area contributed by atoms with E-state index in [1.54, 1.807) is 18.3 Å². The molecule has 1 aromatic heterocycles. The van der Waals surface area contributed by atoms with Crippen molar-refractivity contribution in [3.8, 4) is 0 Å². The Morgan fingerprint density at radius 3 is 2.43 bits per heavy atom. The number of fused-ring (bicyclic) bond motifs is 1. The maximum absolute atomic E-state index is 12.0. The summed E-state index contributed by atoms with van der Waals surface area (Å²) in [6.45, 7) is 6.87. The number of benzene rings is 2. The Labute approximate surface area is 179 Å². The van der Waals surface area contributed by atoms with Crippen LogP contribution in [0.15, 0.2) is 54.2 Å². The standard InChI is InChI=1S/C24H22ClNO4/c1-24(2,3)15-6-4-14(5-7-15)11-26-12-18(17-10-16(25)8-9-20(17)26)21(27)19-13-30-23(29)22(19)28/h4-10,12,27H,11,13H2,1-3H3/b21-19-. The molecule has 0 spiro atoms. The fraction of sp³-hybridized carbons (Fsp3) is 0.250. The molecule has 1 aliphatic rings. The normalized spacial score (nSPS) is 16.3. The van der Waals surface area contributed by atoms with Crippen molar-refractivity contribution in [2.75, 3.05) is 6.61 Å². The number of carbonyl (C=O) groups excluding carboxylic acids is 2. The molecule has 2 heterocycles. The lowest BCUT2D eigenvalue weighted by Crippen LogP contribution is -2.11. The fourth-order valence-electron chi connectivity index (χ4n) is 3.63. The second kappa shape index (κ2) is 7.33. The Kier molecular flexibility index (Phi) is 4.94. The lowest BCUT2D eigenvalue weighted by atomic mass is 9.87. The van der Waals surface area contributed by atoms with E-state index in [1.807, 2.05) is 10.6 Å². The van der Waals surface area contributed by atoms with Crippen LogP contribution >= 0.6 is 11.6 Å². The third kappa shape index (κ3) is 3.61. The first-order valence-electron chi connectivity index (χ1n) is 9.67. The van der Waals surface area contributed by atoms with E-state index in [-0.39, 0.29) is 23.4 Å². The quantitative estimate of drug-likeness (QED) is 0.277. The van der Waals surface area contributed by atoms with Crippen molar-refractivity contribution in [2.24, 2.45) is 0 Å². The van der Waals surface area contributed by atoms with Gasteiger partial charge in [0.25, 0.3) is 5.78 Å². The molecule has 0 aliphatic carbocycles. The lowest BCUT2D eigenvalue weighted by Gasteiger charge is -2.19. The molecule has 1 saturated heterocycles. The van der Waals surface area contributed by atoms with Gasteiger partial charge in [-0.2, -0.15) is 0 Å². The van der Waals surface area contributed by atoms with E-state index >= 15 is 0 Å². The van der Waals surface area contributed by atoms with Crippen LogP contribution in [-0.4, -0.2) is 28.0 Å². The van der Waals surface area contributed by atoms with Gasteiger partial charge in [0.2, 0.25) is 0 Å². The molecule has 0 bridgehead atoms. The molecular formula is C24H22ClNO4. The van der Waals surface area contributed by atoms with Crippen LogP contribution in [0.2, 0.25) is 5.02 Å². The highest BCUT2D eigenvalue weighted by atomic mass is 35.5. The summed E-state index contributed by atoms with van der Waals surface area (Å²) < 4.78 is 6.75. The number of hydrogen-bond acceptors (Lipinski definition) is 4. The van der Waals surface area contributed by atoms with E-state index in [2.05, 4.69) is 45.0 Å². The molecule has 0 atom stereocenters. The van der Waals surface area contributed by atoms with Crippen LogP contribution in [0, 0.1) is 0 Å². The molecule has 4 rings (SSSR count). The summed E-state index contributed by atoms with van der Waals surface area (Å²) in [5.41, 5.74) is 3.70. The number of ketones is 1. The zero-order valence-corrected chi connectivity index (χ0v) is 17.8. The highest BCUT2D eigenvalue weighted by Crippen LogP contribution is 2.32. The van der Waals surface area contributed by atoms with Gasteiger partial charge in [0.1, 0.15) is 12.4 Å². The molecule has 30 heavy (non-hydrogen) atoms. The minimum atomic E-state index is -0.947. The molecule has 1 fully saturated rings. The molecule has 0 unspecified atom stereocenters. The molecule has 2 aromatic carbocycles. The highest BCUT2D eigenvalue weighted by molar-refractivity contribution is 6.43. The molecule has 3 aromatic rings. The second-order valence-electron chi connectivity index (χ2n) is 8.51. The van der Waals surface area contributed by atoms with Gasteiger partial charge in [-0.15, -0.1) is 0 Å². The number of esters is 1. The zero-order valence-electron chi connectivity index (χ0n) is 17.0. The fourth-order valence-corrected chi connectivity index (χ4v) is 3.80. The predicted molar refractivity (Wildman–Crippen MR) is 117 cm³/mol. The smallest absolute Gasteiger partial charge is 0.379 e. The van der Waals surface area contributed by atoms with E-state index in [0.29, 0.717) is 22.5 Å². The number of ether oxygens (including phenoxy) is 1. The van der Waals surface area contributed by atoms with Crippen molar-refractivity contribution in [1.82, 2.24) is 4.57 Å². The highest BCUT2D eigenvalue weighted by Gasteiger charge is 2.33. The molecule has 6 heteroatoms. The van der Waals surface area contributed by atoms with E-state index < -0.39 is 11.8 Å². The molecule has 1 aliphatic heterocycles. The maximum atomic E-state index is 12.0. The second-order valence-corrected chi connectivity index (χ2v) is 8.95. The van der Waals surface area contributed by atoms with E-state index in [9.17, 15) is 14.7 Å². The van der Waals surface area contributed by atoms with Crippen LogP contribution in [-0.2, 0) is 26.3 Å².